The van der Waals surface area contributed by atoms with Crippen LogP contribution in [0.3, 0.4) is 0 Å². The Kier molecular flexibility index (Phi) is 6.68. The highest BCUT2D eigenvalue weighted by Gasteiger charge is 2.25. The molecule has 0 radical (unpaired) electrons. The first kappa shape index (κ1) is 16.7. The Hall–Kier alpha value is -1.30. The van der Waals surface area contributed by atoms with E-state index in [1.165, 1.54) is 0 Å². The van der Waals surface area contributed by atoms with E-state index in [1.54, 1.807) is 20.8 Å². The molecule has 0 saturated carbocycles. The first-order valence-corrected chi connectivity index (χ1v) is 6.14. The van der Waals surface area contributed by atoms with E-state index in [9.17, 15) is 9.59 Å². The molecule has 0 aromatic heterocycles. The Morgan fingerprint density at radius 1 is 1.28 bits per heavy atom. The zero-order chi connectivity index (χ0) is 14.3. The van der Waals surface area contributed by atoms with Gasteiger partial charge in [-0.15, -0.1) is 0 Å². The van der Waals surface area contributed by atoms with Gasteiger partial charge in [0.1, 0.15) is 11.6 Å². The summed E-state index contributed by atoms with van der Waals surface area (Å²) in [4.78, 5) is 24.5. The quantitative estimate of drug-likeness (QED) is 0.752. The topological polar surface area (TPSA) is 78.9 Å². The molecule has 6 heteroatoms. The molecule has 0 unspecified atom stereocenters. The SMILES string of the molecule is CCN(CC)C[C@@H](NC(=O)OC(C)(C)C)C(=O)O. The molecule has 0 aliphatic heterocycles. The molecule has 0 bridgehead atoms. The summed E-state index contributed by atoms with van der Waals surface area (Å²) in [5.74, 6) is -1.06. The largest absolute Gasteiger partial charge is 0.480 e. The second-order valence-corrected chi connectivity index (χ2v) is 5.02. The maximum atomic E-state index is 11.5. The van der Waals surface area contributed by atoms with Crippen molar-refractivity contribution >= 4 is 12.1 Å². The van der Waals surface area contributed by atoms with E-state index in [-0.39, 0.29) is 6.54 Å². The summed E-state index contributed by atoms with van der Waals surface area (Å²) >= 11 is 0. The van der Waals surface area contributed by atoms with Gasteiger partial charge in [-0.25, -0.2) is 9.59 Å². The van der Waals surface area contributed by atoms with Crippen LogP contribution in [0.15, 0.2) is 0 Å². The van der Waals surface area contributed by atoms with Crippen molar-refractivity contribution < 1.29 is 19.4 Å². The van der Waals surface area contributed by atoms with Crippen LogP contribution in [0.1, 0.15) is 34.6 Å². The summed E-state index contributed by atoms with van der Waals surface area (Å²) in [6.45, 7) is 10.8. The number of carbonyl (C=O) groups is 2. The standard InChI is InChI=1S/C12H24N2O4/c1-6-14(7-2)8-9(10(15)16)13-11(17)18-12(3,4)5/h9H,6-8H2,1-5H3,(H,13,17)(H,15,16)/t9-/m1/s1. The summed E-state index contributed by atoms with van der Waals surface area (Å²) in [5.41, 5.74) is -0.637. The van der Waals surface area contributed by atoms with Gasteiger partial charge in [0.05, 0.1) is 0 Å². The van der Waals surface area contributed by atoms with Crippen LogP contribution >= 0.6 is 0 Å². The van der Waals surface area contributed by atoms with Crippen LogP contribution in [0.2, 0.25) is 0 Å². The maximum absolute atomic E-state index is 11.5. The predicted octanol–water partition coefficient (Wildman–Crippen LogP) is 1.31. The van der Waals surface area contributed by atoms with Gasteiger partial charge in [-0.1, -0.05) is 13.8 Å². The number of nitrogens with one attached hydrogen (secondary N) is 1. The number of hydrogen-bond donors (Lipinski definition) is 2. The molecule has 0 heterocycles. The van der Waals surface area contributed by atoms with E-state index in [2.05, 4.69) is 5.32 Å². The Labute approximate surface area is 108 Å². The third-order valence-electron chi connectivity index (χ3n) is 2.32. The van der Waals surface area contributed by atoms with Crippen molar-refractivity contribution in [3.63, 3.8) is 0 Å². The molecule has 106 valence electrons. The van der Waals surface area contributed by atoms with Gasteiger partial charge in [0.25, 0.3) is 0 Å². The van der Waals surface area contributed by atoms with Crippen molar-refractivity contribution in [2.24, 2.45) is 0 Å². The molecule has 0 aliphatic rings. The minimum Gasteiger partial charge on any atom is -0.480 e. The molecule has 6 nitrogen and oxygen atoms in total. The number of nitrogens with zero attached hydrogens (tertiary/aromatic N) is 1. The van der Waals surface area contributed by atoms with Gasteiger partial charge in [-0.2, -0.15) is 0 Å². The smallest absolute Gasteiger partial charge is 0.408 e. The Morgan fingerprint density at radius 3 is 2.11 bits per heavy atom. The first-order chi connectivity index (χ1) is 8.19. The second-order valence-electron chi connectivity index (χ2n) is 5.02. The van der Waals surface area contributed by atoms with Gasteiger partial charge in [-0.05, 0) is 33.9 Å². The molecule has 0 fully saturated rings. The lowest BCUT2D eigenvalue weighted by atomic mass is 10.2. The van der Waals surface area contributed by atoms with E-state index in [0.29, 0.717) is 0 Å². The number of alkyl carbamates (subject to hydrolysis) is 1. The summed E-state index contributed by atoms with van der Waals surface area (Å²) in [7, 11) is 0. The minimum absolute atomic E-state index is 0.265. The van der Waals surface area contributed by atoms with Crippen LogP contribution in [0.25, 0.3) is 0 Å². The van der Waals surface area contributed by atoms with Crippen LogP contribution in [0.4, 0.5) is 4.79 Å². The number of amides is 1. The highest BCUT2D eigenvalue weighted by Crippen LogP contribution is 2.07. The lowest BCUT2D eigenvalue weighted by Crippen LogP contribution is -2.49. The first-order valence-electron chi connectivity index (χ1n) is 6.14. The van der Waals surface area contributed by atoms with Crippen molar-refractivity contribution in [1.82, 2.24) is 10.2 Å². The van der Waals surface area contributed by atoms with E-state index in [0.717, 1.165) is 13.1 Å². The average molecular weight is 260 g/mol. The fourth-order valence-corrected chi connectivity index (χ4v) is 1.38. The van der Waals surface area contributed by atoms with Gasteiger partial charge < -0.3 is 20.1 Å². The lowest BCUT2D eigenvalue weighted by molar-refractivity contribution is -0.140. The van der Waals surface area contributed by atoms with Crippen LogP contribution in [-0.4, -0.2) is 53.3 Å². The molecule has 1 amide bonds. The van der Waals surface area contributed by atoms with Crippen LogP contribution in [-0.2, 0) is 9.53 Å². The van der Waals surface area contributed by atoms with Gasteiger partial charge in [0, 0.05) is 6.54 Å². The van der Waals surface area contributed by atoms with Gasteiger partial charge in [0.2, 0.25) is 0 Å². The number of hydrogen-bond acceptors (Lipinski definition) is 4. The molecule has 2 N–H and O–H groups in total. The zero-order valence-corrected chi connectivity index (χ0v) is 11.8. The van der Waals surface area contributed by atoms with Crippen LogP contribution < -0.4 is 5.32 Å². The second kappa shape index (κ2) is 7.20. The van der Waals surface area contributed by atoms with Gasteiger partial charge >= 0.3 is 12.1 Å². The summed E-state index contributed by atoms with van der Waals surface area (Å²) in [6.07, 6.45) is -0.706. The molecular weight excluding hydrogens is 236 g/mol. The third-order valence-corrected chi connectivity index (χ3v) is 2.32. The number of aliphatic carboxylic acids is 1. The van der Waals surface area contributed by atoms with E-state index < -0.39 is 23.7 Å². The van der Waals surface area contributed by atoms with E-state index >= 15 is 0 Å². The molecule has 0 aromatic carbocycles. The summed E-state index contributed by atoms with van der Waals surface area (Å²) < 4.78 is 5.04. The fourth-order valence-electron chi connectivity index (χ4n) is 1.38. The zero-order valence-electron chi connectivity index (χ0n) is 11.8. The van der Waals surface area contributed by atoms with E-state index in [4.69, 9.17) is 9.84 Å². The van der Waals surface area contributed by atoms with Crippen LogP contribution in [0.5, 0.6) is 0 Å². The van der Waals surface area contributed by atoms with E-state index in [1.807, 2.05) is 18.7 Å². The molecule has 0 rings (SSSR count). The Bertz CT molecular complexity index is 282. The Balaban J connectivity index is 4.45. The molecule has 18 heavy (non-hydrogen) atoms. The maximum Gasteiger partial charge on any atom is 0.408 e. The molecule has 1 atom stereocenters. The van der Waals surface area contributed by atoms with Crippen molar-refractivity contribution in [2.75, 3.05) is 19.6 Å². The molecule has 0 saturated heterocycles. The van der Waals surface area contributed by atoms with Crippen LogP contribution in [0, 0.1) is 0 Å². The van der Waals surface area contributed by atoms with Crippen molar-refractivity contribution in [3.05, 3.63) is 0 Å². The predicted molar refractivity (Wildman–Crippen MR) is 68.6 cm³/mol. The minimum atomic E-state index is -1.06. The summed E-state index contributed by atoms with van der Waals surface area (Å²) in [6, 6.07) is -0.959. The highest BCUT2D eigenvalue weighted by atomic mass is 16.6. The summed E-state index contributed by atoms with van der Waals surface area (Å²) in [5, 5.41) is 11.4. The highest BCUT2D eigenvalue weighted by molar-refractivity contribution is 5.80. The third kappa shape index (κ3) is 7.11. The van der Waals surface area contributed by atoms with Crippen molar-refractivity contribution in [1.29, 1.82) is 0 Å². The number of carboxylic acid groups (broad SMARTS) is 1. The molecule has 0 aliphatic carbocycles. The normalized spacial score (nSPS) is 13.2. The van der Waals surface area contributed by atoms with Gasteiger partial charge in [0.15, 0.2) is 0 Å². The monoisotopic (exact) mass is 260 g/mol. The lowest BCUT2D eigenvalue weighted by Gasteiger charge is -2.25. The molecular formula is C12H24N2O4. The average Bonchev–Trinajstić information content (AvgIpc) is 2.21. The van der Waals surface area contributed by atoms with Gasteiger partial charge in [-0.3, -0.25) is 0 Å². The number of carbonyl (C=O) groups excluding carboxylic acids is 1. The number of rotatable bonds is 6. The van der Waals surface area contributed by atoms with Crippen molar-refractivity contribution in [2.45, 2.75) is 46.3 Å². The molecule has 0 aromatic rings. The fraction of sp³-hybridized carbons (Fsp3) is 0.833. The Morgan fingerprint density at radius 2 is 1.78 bits per heavy atom. The van der Waals surface area contributed by atoms with Crippen molar-refractivity contribution in [3.8, 4) is 0 Å². The number of carboxylic acids is 1. The molecule has 0 spiro atoms. The number of ether oxygens (including phenoxy) is 1. The number of likely N-dealkylation sites (N-methyl/N-ethyl adjacent to an activating group) is 1.